The van der Waals surface area contributed by atoms with E-state index in [4.69, 9.17) is 0 Å². The van der Waals surface area contributed by atoms with Crippen molar-refractivity contribution < 1.29 is 9.59 Å². The SMILES string of the molecule is Cc1ccccc1/C=N/NC(=O)c1ccc(NC(=O)CC(C)C)cc1. The van der Waals surface area contributed by atoms with Gasteiger partial charge in [0.2, 0.25) is 5.91 Å². The molecule has 0 heterocycles. The van der Waals surface area contributed by atoms with E-state index in [1.807, 2.05) is 45.0 Å². The van der Waals surface area contributed by atoms with Crippen LogP contribution in [-0.2, 0) is 4.79 Å². The summed E-state index contributed by atoms with van der Waals surface area (Å²) in [4.78, 5) is 23.8. The molecule has 2 amide bonds. The van der Waals surface area contributed by atoms with Crippen LogP contribution in [-0.4, -0.2) is 18.0 Å². The summed E-state index contributed by atoms with van der Waals surface area (Å²) >= 11 is 0. The molecule has 0 aliphatic rings. The molecule has 0 radical (unpaired) electrons. The van der Waals surface area contributed by atoms with Gasteiger partial charge >= 0.3 is 0 Å². The summed E-state index contributed by atoms with van der Waals surface area (Å²) in [5, 5.41) is 6.80. The molecule has 25 heavy (non-hydrogen) atoms. The van der Waals surface area contributed by atoms with Crippen molar-refractivity contribution >= 4 is 23.7 Å². The first kappa shape index (κ1) is 18.4. The Morgan fingerprint density at radius 3 is 2.40 bits per heavy atom. The van der Waals surface area contributed by atoms with Gasteiger partial charge in [0.15, 0.2) is 0 Å². The summed E-state index contributed by atoms with van der Waals surface area (Å²) < 4.78 is 0. The normalized spacial score (nSPS) is 10.9. The second-order valence-corrected chi connectivity index (χ2v) is 6.28. The van der Waals surface area contributed by atoms with Gasteiger partial charge in [-0.3, -0.25) is 9.59 Å². The van der Waals surface area contributed by atoms with E-state index in [-0.39, 0.29) is 11.8 Å². The number of aryl methyl sites for hydroxylation is 1. The zero-order chi connectivity index (χ0) is 18.2. The summed E-state index contributed by atoms with van der Waals surface area (Å²) in [7, 11) is 0. The summed E-state index contributed by atoms with van der Waals surface area (Å²) in [6.45, 7) is 5.96. The maximum atomic E-state index is 12.1. The number of hydrogen-bond donors (Lipinski definition) is 2. The van der Waals surface area contributed by atoms with Crippen LogP contribution < -0.4 is 10.7 Å². The summed E-state index contributed by atoms with van der Waals surface area (Å²) in [5.41, 5.74) is 5.69. The van der Waals surface area contributed by atoms with Crippen molar-refractivity contribution in [3.63, 3.8) is 0 Å². The van der Waals surface area contributed by atoms with Gasteiger partial charge in [0.1, 0.15) is 0 Å². The van der Waals surface area contributed by atoms with Crippen LogP contribution in [0.2, 0.25) is 0 Å². The monoisotopic (exact) mass is 337 g/mol. The van der Waals surface area contributed by atoms with E-state index in [1.54, 1.807) is 30.5 Å². The largest absolute Gasteiger partial charge is 0.326 e. The Morgan fingerprint density at radius 1 is 1.08 bits per heavy atom. The van der Waals surface area contributed by atoms with Gasteiger partial charge < -0.3 is 5.32 Å². The Hall–Kier alpha value is -2.95. The Balaban J connectivity index is 1.92. The number of anilines is 1. The van der Waals surface area contributed by atoms with E-state index in [0.29, 0.717) is 23.6 Å². The minimum absolute atomic E-state index is 0.0324. The van der Waals surface area contributed by atoms with Crippen LogP contribution in [0.1, 0.15) is 41.8 Å². The Morgan fingerprint density at radius 2 is 1.76 bits per heavy atom. The Kier molecular flexibility index (Phi) is 6.46. The van der Waals surface area contributed by atoms with Crippen molar-refractivity contribution in [1.82, 2.24) is 5.43 Å². The Labute approximate surface area is 148 Å². The van der Waals surface area contributed by atoms with E-state index in [2.05, 4.69) is 15.8 Å². The molecule has 2 rings (SSSR count). The number of nitrogens with one attached hydrogen (secondary N) is 2. The van der Waals surface area contributed by atoms with Crippen molar-refractivity contribution in [2.45, 2.75) is 27.2 Å². The highest BCUT2D eigenvalue weighted by Crippen LogP contribution is 2.11. The van der Waals surface area contributed by atoms with Crippen molar-refractivity contribution in [2.24, 2.45) is 11.0 Å². The average Bonchev–Trinajstić information content (AvgIpc) is 2.56. The molecular weight excluding hydrogens is 314 g/mol. The quantitative estimate of drug-likeness (QED) is 0.622. The van der Waals surface area contributed by atoms with Crippen LogP contribution in [0.3, 0.4) is 0 Å². The molecule has 0 aliphatic carbocycles. The lowest BCUT2D eigenvalue weighted by Crippen LogP contribution is -2.18. The fraction of sp³-hybridized carbons (Fsp3) is 0.250. The Bertz CT molecular complexity index is 765. The number of carbonyl (C=O) groups is 2. The fourth-order valence-electron chi connectivity index (χ4n) is 2.24. The number of nitrogens with zero attached hydrogens (tertiary/aromatic N) is 1. The van der Waals surface area contributed by atoms with Gasteiger partial charge in [-0.2, -0.15) is 5.10 Å². The molecule has 2 N–H and O–H groups in total. The van der Waals surface area contributed by atoms with E-state index in [9.17, 15) is 9.59 Å². The van der Waals surface area contributed by atoms with Crippen LogP contribution in [0.5, 0.6) is 0 Å². The number of hydrogen-bond acceptors (Lipinski definition) is 3. The number of benzene rings is 2. The molecule has 0 unspecified atom stereocenters. The molecule has 0 bridgehead atoms. The first-order chi connectivity index (χ1) is 12.0. The van der Waals surface area contributed by atoms with Crippen molar-refractivity contribution in [1.29, 1.82) is 0 Å². The lowest BCUT2D eigenvalue weighted by Gasteiger charge is -2.07. The first-order valence-corrected chi connectivity index (χ1v) is 8.24. The van der Waals surface area contributed by atoms with Crippen molar-refractivity contribution in [3.8, 4) is 0 Å². The number of hydrazone groups is 1. The molecule has 2 aromatic rings. The third kappa shape index (κ3) is 5.88. The van der Waals surface area contributed by atoms with Gasteiger partial charge in [0.25, 0.3) is 5.91 Å². The van der Waals surface area contributed by atoms with Crippen molar-refractivity contribution in [3.05, 3.63) is 65.2 Å². The third-order valence-corrected chi connectivity index (χ3v) is 3.58. The summed E-state index contributed by atoms with van der Waals surface area (Å²) in [5.74, 6) is -0.0314. The van der Waals surface area contributed by atoms with Crippen LogP contribution in [0.25, 0.3) is 0 Å². The second kappa shape index (κ2) is 8.78. The molecule has 5 nitrogen and oxygen atoms in total. The lowest BCUT2D eigenvalue weighted by atomic mass is 10.1. The maximum absolute atomic E-state index is 12.1. The molecule has 0 saturated carbocycles. The van der Waals surface area contributed by atoms with Gasteiger partial charge in [0.05, 0.1) is 6.21 Å². The lowest BCUT2D eigenvalue weighted by molar-refractivity contribution is -0.116. The minimum Gasteiger partial charge on any atom is -0.326 e. The van der Waals surface area contributed by atoms with Gasteiger partial charge in [0, 0.05) is 17.7 Å². The molecule has 5 heteroatoms. The topological polar surface area (TPSA) is 70.6 Å². The second-order valence-electron chi connectivity index (χ2n) is 6.28. The predicted octanol–water partition coefficient (Wildman–Crippen LogP) is 3.74. The predicted molar refractivity (Wildman–Crippen MR) is 101 cm³/mol. The molecule has 130 valence electrons. The summed E-state index contributed by atoms with van der Waals surface area (Å²) in [6.07, 6.45) is 2.09. The van der Waals surface area contributed by atoms with Gasteiger partial charge in [-0.25, -0.2) is 5.43 Å². The fourth-order valence-corrected chi connectivity index (χ4v) is 2.24. The van der Waals surface area contributed by atoms with Crippen LogP contribution in [0, 0.1) is 12.8 Å². The zero-order valence-corrected chi connectivity index (χ0v) is 14.7. The van der Waals surface area contributed by atoms with E-state index >= 15 is 0 Å². The van der Waals surface area contributed by atoms with Gasteiger partial charge in [-0.1, -0.05) is 38.1 Å². The number of amides is 2. The van der Waals surface area contributed by atoms with Gasteiger partial charge in [-0.15, -0.1) is 0 Å². The van der Waals surface area contributed by atoms with E-state index < -0.39 is 0 Å². The highest BCUT2D eigenvalue weighted by Gasteiger charge is 2.07. The first-order valence-electron chi connectivity index (χ1n) is 8.24. The van der Waals surface area contributed by atoms with Gasteiger partial charge in [-0.05, 0) is 48.2 Å². The highest BCUT2D eigenvalue weighted by molar-refractivity contribution is 5.96. The molecular formula is C20H23N3O2. The maximum Gasteiger partial charge on any atom is 0.271 e. The molecule has 0 atom stereocenters. The molecule has 0 fully saturated rings. The summed E-state index contributed by atoms with van der Waals surface area (Å²) in [6, 6.07) is 14.5. The van der Waals surface area contributed by atoms with Crippen molar-refractivity contribution in [2.75, 3.05) is 5.32 Å². The third-order valence-electron chi connectivity index (χ3n) is 3.58. The molecule has 0 aliphatic heterocycles. The average molecular weight is 337 g/mol. The number of carbonyl (C=O) groups excluding carboxylic acids is 2. The molecule has 0 saturated heterocycles. The van der Waals surface area contributed by atoms with Crippen LogP contribution in [0.15, 0.2) is 53.6 Å². The van der Waals surface area contributed by atoms with E-state index in [0.717, 1.165) is 11.1 Å². The van der Waals surface area contributed by atoms with Crippen LogP contribution >= 0.6 is 0 Å². The molecule has 0 aromatic heterocycles. The highest BCUT2D eigenvalue weighted by atomic mass is 16.2. The van der Waals surface area contributed by atoms with E-state index in [1.165, 1.54) is 0 Å². The zero-order valence-electron chi connectivity index (χ0n) is 14.7. The number of rotatable bonds is 6. The standard InChI is InChI=1S/C20H23N3O2/c1-14(2)12-19(24)22-18-10-8-16(9-11-18)20(25)23-21-13-17-7-5-4-6-15(17)3/h4-11,13-14H,12H2,1-3H3,(H,22,24)(H,23,25)/b21-13+. The molecule has 2 aromatic carbocycles. The molecule has 0 spiro atoms. The minimum atomic E-state index is -0.301. The smallest absolute Gasteiger partial charge is 0.271 e. The van der Waals surface area contributed by atoms with Crippen LogP contribution in [0.4, 0.5) is 5.69 Å².